The molecule has 0 spiro atoms. The van der Waals surface area contributed by atoms with Crippen LogP contribution in [0.3, 0.4) is 0 Å². The number of halogens is 3. The lowest BCUT2D eigenvalue weighted by molar-refractivity contribution is -0.137. The van der Waals surface area contributed by atoms with Gasteiger partial charge in [-0.25, -0.2) is 4.99 Å². The quantitative estimate of drug-likeness (QED) is 0.512. The molecule has 0 aromatic heterocycles. The van der Waals surface area contributed by atoms with Gasteiger partial charge in [-0.1, -0.05) is 12.8 Å². The minimum Gasteiger partial charge on any atom is -0.370 e. The van der Waals surface area contributed by atoms with Crippen LogP contribution >= 0.6 is 0 Å². The number of hydrogen-bond acceptors (Lipinski definition) is 2. The van der Waals surface area contributed by atoms with Gasteiger partial charge in [-0.2, -0.15) is 13.2 Å². The second-order valence-electron chi connectivity index (χ2n) is 4.22. The number of carbonyl (C=O) groups excluding carboxylic acids is 1. The van der Waals surface area contributed by atoms with E-state index in [0.717, 1.165) is 25.7 Å². The van der Waals surface area contributed by atoms with Crippen LogP contribution in [0.25, 0.3) is 0 Å². The summed E-state index contributed by atoms with van der Waals surface area (Å²) in [5, 5.41) is 4.65. The van der Waals surface area contributed by atoms with E-state index in [1.54, 1.807) is 5.32 Å². The van der Waals surface area contributed by atoms with Gasteiger partial charge in [-0.3, -0.25) is 4.79 Å². The lowest BCUT2D eigenvalue weighted by Gasteiger charge is -2.12. The molecule has 0 aliphatic heterocycles. The lowest BCUT2D eigenvalue weighted by Crippen LogP contribution is -2.40. The summed E-state index contributed by atoms with van der Waals surface area (Å²) in [5.41, 5.74) is 5.52. The van der Waals surface area contributed by atoms with E-state index in [2.05, 4.69) is 10.3 Å². The molecule has 1 rings (SSSR count). The molecule has 0 radical (unpaired) electrons. The third-order valence-corrected chi connectivity index (χ3v) is 2.59. The Morgan fingerprint density at radius 2 is 1.94 bits per heavy atom. The van der Waals surface area contributed by atoms with Crippen molar-refractivity contribution in [1.82, 2.24) is 10.6 Å². The van der Waals surface area contributed by atoms with Crippen LogP contribution in [-0.2, 0) is 4.79 Å². The van der Waals surface area contributed by atoms with Crippen molar-refractivity contribution >= 4 is 11.9 Å². The molecule has 5 nitrogen and oxygen atoms in total. The van der Waals surface area contributed by atoms with Crippen molar-refractivity contribution in [3.8, 4) is 0 Å². The highest BCUT2D eigenvalue weighted by molar-refractivity contribution is 5.84. The zero-order chi connectivity index (χ0) is 13.6. The Morgan fingerprint density at radius 3 is 2.50 bits per heavy atom. The van der Waals surface area contributed by atoms with Crippen LogP contribution < -0.4 is 16.4 Å². The molecule has 0 heterocycles. The molecule has 0 unspecified atom stereocenters. The number of rotatable bonds is 4. The summed E-state index contributed by atoms with van der Waals surface area (Å²) in [4.78, 5) is 14.7. The molecular formula is C10H17F3N4O. The maximum atomic E-state index is 11.8. The number of carbonyl (C=O) groups is 1. The largest absolute Gasteiger partial charge is 0.405 e. The first-order chi connectivity index (χ1) is 8.37. The molecule has 1 aliphatic rings. The first kappa shape index (κ1) is 14.6. The Labute approximate surface area is 103 Å². The van der Waals surface area contributed by atoms with Gasteiger partial charge < -0.3 is 16.4 Å². The van der Waals surface area contributed by atoms with E-state index < -0.39 is 25.2 Å². The molecule has 1 amide bonds. The Morgan fingerprint density at radius 1 is 1.33 bits per heavy atom. The van der Waals surface area contributed by atoms with E-state index in [1.165, 1.54) is 0 Å². The number of guanidine groups is 1. The van der Waals surface area contributed by atoms with E-state index in [4.69, 9.17) is 5.73 Å². The van der Waals surface area contributed by atoms with Gasteiger partial charge in [0.05, 0.1) is 0 Å². The summed E-state index contributed by atoms with van der Waals surface area (Å²) >= 11 is 0. The van der Waals surface area contributed by atoms with E-state index >= 15 is 0 Å². The molecule has 1 fully saturated rings. The minimum atomic E-state index is -4.41. The topological polar surface area (TPSA) is 79.5 Å². The van der Waals surface area contributed by atoms with Crippen LogP contribution in [0.5, 0.6) is 0 Å². The Balaban J connectivity index is 2.22. The fourth-order valence-electron chi connectivity index (χ4n) is 1.74. The molecule has 18 heavy (non-hydrogen) atoms. The van der Waals surface area contributed by atoms with E-state index in [-0.39, 0.29) is 12.0 Å². The molecule has 0 bridgehead atoms. The van der Waals surface area contributed by atoms with Gasteiger partial charge in [-0.15, -0.1) is 0 Å². The molecule has 0 atom stereocenters. The number of hydrogen-bond donors (Lipinski definition) is 3. The standard InChI is InChI=1S/C10H17F3N4O/c11-10(12,13)6-16-8(18)5-15-9(14)17-7-3-1-2-4-7/h7H,1-6H2,(H,16,18)(H3,14,15,17). The van der Waals surface area contributed by atoms with Gasteiger partial charge in [-0.05, 0) is 12.8 Å². The fraction of sp³-hybridized carbons (Fsp3) is 0.800. The Bertz CT molecular complexity index is 311. The van der Waals surface area contributed by atoms with Gasteiger partial charge in [0, 0.05) is 6.04 Å². The van der Waals surface area contributed by atoms with Crippen molar-refractivity contribution in [2.45, 2.75) is 37.9 Å². The van der Waals surface area contributed by atoms with Gasteiger partial charge in [0.25, 0.3) is 0 Å². The number of alkyl halides is 3. The molecule has 8 heteroatoms. The number of nitrogens with two attached hydrogens (primary N) is 1. The van der Waals surface area contributed by atoms with E-state index in [9.17, 15) is 18.0 Å². The van der Waals surface area contributed by atoms with E-state index in [1.807, 2.05) is 0 Å². The van der Waals surface area contributed by atoms with E-state index in [0.29, 0.717) is 0 Å². The molecule has 0 saturated heterocycles. The number of nitrogens with one attached hydrogen (secondary N) is 2. The lowest BCUT2D eigenvalue weighted by atomic mass is 10.2. The van der Waals surface area contributed by atoms with Crippen molar-refractivity contribution < 1.29 is 18.0 Å². The van der Waals surface area contributed by atoms with Crippen LogP contribution in [-0.4, -0.2) is 37.2 Å². The van der Waals surface area contributed by atoms with Crippen molar-refractivity contribution in [1.29, 1.82) is 0 Å². The molecule has 1 saturated carbocycles. The molecule has 104 valence electrons. The molecule has 0 aromatic carbocycles. The highest BCUT2D eigenvalue weighted by Gasteiger charge is 2.27. The Hall–Kier alpha value is -1.47. The number of amides is 1. The van der Waals surface area contributed by atoms with Gasteiger partial charge >= 0.3 is 6.18 Å². The fourth-order valence-corrected chi connectivity index (χ4v) is 1.74. The first-order valence-electron chi connectivity index (χ1n) is 5.77. The van der Waals surface area contributed by atoms with Crippen molar-refractivity contribution in [3.63, 3.8) is 0 Å². The second-order valence-corrected chi connectivity index (χ2v) is 4.22. The van der Waals surface area contributed by atoms with Crippen LogP contribution in [0.1, 0.15) is 25.7 Å². The monoisotopic (exact) mass is 266 g/mol. The van der Waals surface area contributed by atoms with Crippen molar-refractivity contribution in [2.75, 3.05) is 13.1 Å². The maximum Gasteiger partial charge on any atom is 0.405 e. The summed E-state index contributed by atoms with van der Waals surface area (Å²) < 4.78 is 35.4. The zero-order valence-electron chi connectivity index (χ0n) is 9.89. The highest BCUT2D eigenvalue weighted by Crippen LogP contribution is 2.17. The van der Waals surface area contributed by atoms with Crippen LogP contribution in [0.2, 0.25) is 0 Å². The van der Waals surface area contributed by atoms with Crippen LogP contribution in [0, 0.1) is 0 Å². The molecular weight excluding hydrogens is 249 g/mol. The minimum absolute atomic E-state index is 0.101. The van der Waals surface area contributed by atoms with Gasteiger partial charge in [0.15, 0.2) is 5.96 Å². The van der Waals surface area contributed by atoms with Crippen molar-refractivity contribution in [3.05, 3.63) is 0 Å². The molecule has 0 aromatic rings. The summed E-state index contributed by atoms with van der Waals surface area (Å²) in [6, 6.07) is 0.256. The number of nitrogens with zero attached hydrogens (tertiary/aromatic N) is 1. The maximum absolute atomic E-state index is 11.8. The predicted octanol–water partition coefficient (Wildman–Crippen LogP) is 0.512. The number of aliphatic imine (C=N–C) groups is 1. The summed E-state index contributed by atoms with van der Waals surface area (Å²) in [6.07, 6.45) is -0.173. The second kappa shape index (κ2) is 6.46. The normalized spacial score (nSPS) is 17.8. The first-order valence-corrected chi connectivity index (χ1v) is 5.77. The van der Waals surface area contributed by atoms with Crippen LogP contribution in [0.4, 0.5) is 13.2 Å². The highest BCUT2D eigenvalue weighted by atomic mass is 19.4. The average molecular weight is 266 g/mol. The smallest absolute Gasteiger partial charge is 0.370 e. The van der Waals surface area contributed by atoms with Crippen molar-refractivity contribution in [2.24, 2.45) is 10.7 Å². The Kier molecular flexibility index (Phi) is 5.24. The molecule has 1 aliphatic carbocycles. The van der Waals surface area contributed by atoms with Crippen LogP contribution in [0.15, 0.2) is 4.99 Å². The summed E-state index contributed by atoms with van der Waals surface area (Å²) in [7, 11) is 0. The SMILES string of the molecule is NC(=NCC(=O)NCC(F)(F)F)NC1CCCC1. The third-order valence-electron chi connectivity index (χ3n) is 2.59. The molecule has 4 N–H and O–H groups in total. The average Bonchev–Trinajstić information content (AvgIpc) is 2.75. The summed E-state index contributed by atoms with van der Waals surface area (Å²) in [6.45, 7) is -1.75. The third kappa shape index (κ3) is 6.31. The summed E-state index contributed by atoms with van der Waals surface area (Å²) in [5.74, 6) is -0.701. The van der Waals surface area contributed by atoms with Gasteiger partial charge in [0.1, 0.15) is 13.1 Å². The zero-order valence-corrected chi connectivity index (χ0v) is 9.89. The predicted molar refractivity (Wildman–Crippen MR) is 60.9 cm³/mol. The van der Waals surface area contributed by atoms with Gasteiger partial charge in [0.2, 0.25) is 5.91 Å².